The number of hydrogen-bond acceptors (Lipinski definition) is 4. The molecule has 0 radical (unpaired) electrons. The Morgan fingerprint density at radius 3 is 2.75 bits per heavy atom. The van der Waals surface area contributed by atoms with E-state index in [9.17, 15) is 0 Å². The van der Waals surface area contributed by atoms with Crippen molar-refractivity contribution in [3.05, 3.63) is 60.2 Å². The molecule has 4 aromatic rings. The normalized spacial score (nSPS) is 11.2. The second-order valence-corrected chi connectivity index (χ2v) is 6.32. The quantitative estimate of drug-likeness (QED) is 0.487. The van der Waals surface area contributed by atoms with Crippen LogP contribution < -0.4 is 0 Å². The predicted molar refractivity (Wildman–Crippen MR) is 85.5 cm³/mol. The van der Waals surface area contributed by atoms with Crippen LogP contribution in [0.15, 0.2) is 70.2 Å². The van der Waals surface area contributed by atoms with Crippen LogP contribution in [-0.4, -0.2) is 9.97 Å². The summed E-state index contributed by atoms with van der Waals surface area (Å²) in [6.07, 6.45) is 1.65. The molecule has 2 heterocycles. The van der Waals surface area contributed by atoms with Crippen LogP contribution in [0.5, 0.6) is 0 Å². The Kier molecular flexibility index (Phi) is 2.90. The zero-order valence-electron chi connectivity index (χ0n) is 10.5. The number of hydrogen-bond donors (Lipinski definition) is 0. The molecular formula is C16H10N2S2. The Hall–Kier alpha value is -1.91. The third-order valence-electron chi connectivity index (χ3n) is 3.18. The standard InChI is InChI=1S/C16H10N2S2/c1-2-6-12-11(4-1)5-3-7-14(12)20-16-13-8-9-19-15(13)17-10-18-16/h1-10H. The average Bonchev–Trinajstić information content (AvgIpc) is 2.97. The molecule has 2 aromatic carbocycles. The first-order chi connectivity index (χ1) is 9.92. The van der Waals surface area contributed by atoms with Gasteiger partial charge in [-0.3, -0.25) is 0 Å². The highest BCUT2D eigenvalue weighted by Crippen LogP contribution is 2.36. The molecule has 0 saturated carbocycles. The van der Waals surface area contributed by atoms with E-state index in [1.807, 2.05) is 0 Å². The first-order valence-electron chi connectivity index (χ1n) is 6.26. The fourth-order valence-electron chi connectivity index (χ4n) is 2.24. The van der Waals surface area contributed by atoms with E-state index in [4.69, 9.17) is 0 Å². The van der Waals surface area contributed by atoms with Crippen molar-refractivity contribution in [3.63, 3.8) is 0 Å². The zero-order valence-corrected chi connectivity index (χ0v) is 12.1. The second-order valence-electron chi connectivity index (χ2n) is 4.40. The molecule has 96 valence electrons. The molecule has 0 spiro atoms. The smallest absolute Gasteiger partial charge is 0.127 e. The molecule has 0 aliphatic carbocycles. The van der Waals surface area contributed by atoms with Crippen LogP contribution in [0.25, 0.3) is 21.0 Å². The zero-order chi connectivity index (χ0) is 13.4. The Morgan fingerprint density at radius 2 is 1.75 bits per heavy atom. The van der Waals surface area contributed by atoms with E-state index in [0.717, 1.165) is 15.2 Å². The Balaban J connectivity index is 1.87. The number of benzene rings is 2. The maximum absolute atomic E-state index is 4.44. The van der Waals surface area contributed by atoms with Crippen molar-refractivity contribution in [2.45, 2.75) is 9.92 Å². The van der Waals surface area contributed by atoms with Crippen LogP contribution in [0.4, 0.5) is 0 Å². The molecule has 4 rings (SSSR count). The Labute approximate surface area is 124 Å². The molecule has 0 unspecified atom stereocenters. The molecule has 2 nitrogen and oxygen atoms in total. The van der Waals surface area contributed by atoms with Gasteiger partial charge < -0.3 is 0 Å². The molecular weight excluding hydrogens is 284 g/mol. The maximum atomic E-state index is 4.44. The predicted octanol–water partition coefficient (Wildman–Crippen LogP) is 5.00. The highest BCUT2D eigenvalue weighted by Gasteiger charge is 2.08. The Morgan fingerprint density at radius 1 is 0.850 bits per heavy atom. The summed E-state index contributed by atoms with van der Waals surface area (Å²) in [7, 11) is 0. The maximum Gasteiger partial charge on any atom is 0.127 e. The average molecular weight is 294 g/mol. The first kappa shape index (κ1) is 11.9. The Bertz CT molecular complexity index is 894. The molecule has 0 bridgehead atoms. The van der Waals surface area contributed by atoms with Crippen LogP contribution >= 0.6 is 23.1 Å². The van der Waals surface area contributed by atoms with Gasteiger partial charge in [0, 0.05) is 10.3 Å². The van der Waals surface area contributed by atoms with E-state index in [0.29, 0.717) is 0 Å². The third kappa shape index (κ3) is 1.97. The largest absolute Gasteiger partial charge is 0.229 e. The first-order valence-corrected chi connectivity index (χ1v) is 7.95. The molecule has 0 aliphatic heterocycles. The van der Waals surface area contributed by atoms with Crippen LogP contribution in [0.1, 0.15) is 0 Å². The van der Waals surface area contributed by atoms with Gasteiger partial charge in [-0.25, -0.2) is 9.97 Å². The summed E-state index contributed by atoms with van der Waals surface area (Å²) < 4.78 is 0. The van der Waals surface area contributed by atoms with Gasteiger partial charge in [0.1, 0.15) is 16.2 Å². The van der Waals surface area contributed by atoms with Crippen molar-refractivity contribution in [1.29, 1.82) is 0 Å². The van der Waals surface area contributed by atoms with E-state index >= 15 is 0 Å². The van der Waals surface area contributed by atoms with Crippen molar-refractivity contribution in [3.8, 4) is 0 Å². The minimum atomic E-state index is 1.02. The summed E-state index contributed by atoms with van der Waals surface area (Å²) >= 11 is 3.36. The lowest BCUT2D eigenvalue weighted by atomic mass is 10.1. The van der Waals surface area contributed by atoms with Gasteiger partial charge in [-0.05, 0) is 28.3 Å². The topological polar surface area (TPSA) is 25.8 Å². The molecule has 2 aromatic heterocycles. The lowest BCUT2D eigenvalue weighted by molar-refractivity contribution is 1.11. The van der Waals surface area contributed by atoms with Crippen LogP contribution in [0, 0.1) is 0 Å². The van der Waals surface area contributed by atoms with E-state index in [1.54, 1.807) is 29.4 Å². The molecule has 0 fully saturated rings. The minimum Gasteiger partial charge on any atom is -0.229 e. The van der Waals surface area contributed by atoms with Gasteiger partial charge in [0.15, 0.2) is 0 Å². The van der Waals surface area contributed by atoms with Crippen LogP contribution in [0.3, 0.4) is 0 Å². The SMILES string of the molecule is c1ccc2c(Sc3ncnc4sccc34)cccc2c1. The highest BCUT2D eigenvalue weighted by molar-refractivity contribution is 7.99. The van der Waals surface area contributed by atoms with Crippen molar-refractivity contribution < 1.29 is 0 Å². The fraction of sp³-hybridized carbons (Fsp3) is 0. The number of rotatable bonds is 2. The summed E-state index contributed by atoms with van der Waals surface area (Å²) in [5.41, 5.74) is 0. The van der Waals surface area contributed by atoms with Gasteiger partial charge >= 0.3 is 0 Å². The molecule has 4 heteroatoms. The monoisotopic (exact) mass is 294 g/mol. The number of aromatic nitrogens is 2. The second kappa shape index (κ2) is 4.89. The number of nitrogens with zero attached hydrogens (tertiary/aromatic N) is 2. The van der Waals surface area contributed by atoms with Crippen LogP contribution in [-0.2, 0) is 0 Å². The van der Waals surface area contributed by atoms with E-state index < -0.39 is 0 Å². The van der Waals surface area contributed by atoms with Crippen molar-refractivity contribution in [1.82, 2.24) is 9.97 Å². The molecule has 0 N–H and O–H groups in total. The van der Waals surface area contributed by atoms with Gasteiger partial charge in [-0.1, -0.05) is 48.2 Å². The van der Waals surface area contributed by atoms with Gasteiger partial charge in [0.25, 0.3) is 0 Å². The summed E-state index contributed by atoms with van der Waals surface area (Å²) in [4.78, 5) is 11.0. The van der Waals surface area contributed by atoms with Crippen molar-refractivity contribution in [2.24, 2.45) is 0 Å². The summed E-state index contributed by atoms with van der Waals surface area (Å²) in [6, 6.07) is 16.9. The lowest BCUT2D eigenvalue weighted by Gasteiger charge is -2.06. The minimum absolute atomic E-state index is 1.02. The number of fused-ring (bicyclic) bond motifs is 2. The van der Waals surface area contributed by atoms with Gasteiger partial charge in [0.2, 0.25) is 0 Å². The molecule has 0 amide bonds. The lowest BCUT2D eigenvalue weighted by Crippen LogP contribution is -1.84. The molecule has 0 atom stereocenters. The van der Waals surface area contributed by atoms with Gasteiger partial charge in [-0.15, -0.1) is 11.3 Å². The summed E-state index contributed by atoms with van der Waals surface area (Å²) in [5.74, 6) is 0. The van der Waals surface area contributed by atoms with E-state index in [1.165, 1.54) is 15.7 Å². The van der Waals surface area contributed by atoms with E-state index in [2.05, 4.69) is 63.9 Å². The third-order valence-corrected chi connectivity index (χ3v) is 5.10. The molecule has 0 saturated heterocycles. The van der Waals surface area contributed by atoms with Gasteiger partial charge in [0.05, 0.1) is 0 Å². The summed E-state index contributed by atoms with van der Waals surface area (Å²) in [6.45, 7) is 0. The molecule has 20 heavy (non-hydrogen) atoms. The van der Waals surface area contributed by atoms with E-state index in [-0.39, 0.29) is 0 Å². The molecule has 0 aliphatic rings. The fourth-order valence-corrected chi connectivity index (χ4v) is 4.06. The van der Waals surface area contributed by atoms with Gasteiger partial charge in [-0.2, -0.15) is 0 Å². The highest BCUT2D eigenvalue weighted by atomic mass is 32.2. The summed E-state index contributed by atoms with van der Waals surface area (Å²) in [5, 5.41) is 6.74. The van der Waals surface area contributed by atoms with Crippen LogP contribution in [0.2, 0.25) is 0 Å². The van der Waals surface area contributed by atoms with Crippen molar-refractivity contribution in [2.75, 3.05) is 0 Å². The number of thiophene rings is 1. The van der Waals surface area contributed by atoms with Crippen molar-refractivity contribution >= 4 is 44.1 Å².